The number of primary amides is 1. The van der Waals surface area contributed by atoms with Crippen LogP contribution in [0.4, 0.5) is 4.79 Å². The van der Waals surface area contributed by atoms with Crippen LogP contribution in [0.25, 0.3) is 0 Å². The van der Waals surface area contributed by atoms with Gasteiger partial charge in [0.2, 0.25) is 11.8 Å². The van der Waals surface area contributed by atoms with E-state index in [1.807, 2.05) is 13.8 Å². The third kappa shape index (κ3) is 3.95. The van der Waals surface area contributed by atoms with Gasteiger partial charge >= 0.3 is 6.03 Å². The van der Waals surface area contributed by atoms with Gasteiger partial charge in [0.25, 0.3) is 0 Å². The zero-order valence-electron chi connectivity index (χ0n) is 15.2. The number of carbonyl (C=O) groups excluding carboxylic acids is 3. The third-order valence-corrected chi connectivity index (χ3v) is 5.08. The molecule has 140 valence electrons. The minimum absolute atomic E-state index is 0.0563. The van der Waals surface area contributed by atoms with Crippen LogP contribution in [0.2, 0.25) is 0 Å². The number of amides is 4. The summed E-state index contributed by atoms with van der Waals surface area (Å²) in [6, 6.07) is -0.837. The number of rotatable bonds is 4. The third-order valence-electron chi connectivity index (χ3n) is 5.08. The molecule has 0 bridgehead atoms. The van der Waals surface area contributed by atoms with Crippen molar-refractivity contribution >= 4 is 17.8 Å². The predicted octanol–water partition coefficient (Wildman–Crippen LogP) is 0.385. The van der Waals surface area contributed by atoms with Crippen molar-refractivity contribution in [1.29, 1.82) is 0 Å². The number of hydrogen-bond donors (Lipinski definition) is 1. The maximum absolute atomic E-state index is 12.7. The van der Waals surface area contributed by atoms with Crippen LogP contribution < -0.4 is 5.73 Å². The van der Waals surface area contributed by atoms with E-state index >= 15 is 0 Å². The highest BCUT2D eigenvalue weighted by atomic mass is 16.5. The molecular weight excluding hydrogens is 324 g/mol. The number of ether oxygens (including phenoxy) is 1. The molecule has 8 heteroatoms. The van der Waals surface area contributed by atoms with Crippen LogP contribution in [0, 0.1) is 5.92 Å². The van der Waals surface area contributed by atoms with Crippen LogP contribution in [0.3, 0.4) is 0 Å². The summed E-state index contributed by atoms with van der Waals surface area (Å²) in [5.41, 5.74) is 5.05. The molecule has 8 nitrogen and oxygen atoms in total. The lowest BCUT2D eigenvalue weighted by atomic mass is 9.91. The van der Waals surface area contributed by atoms with E-state index in [1.54, 1.807) is 16.8 Å². The molecule has 0 aromatic carbocycles. The van der Waals surface area contributed by atoms with E-state index in [9.17, 15) is 14.4 Å². The number of urea groups is 1. The Kier molecular flexibility index (Phi) is 5.72. The average Bonchev–Trinajstić information content (AvgIpc) is 2.97. The van der Waals surface area contributed by atoms with E-state index in [2.05, 4.69) is 6.58 Å². The second-order valence-corrected chi connectivity index (χ2v) is 7.17. The molecule has 0 aromatic rings. The van der Waals surface area contributed by atoms with Crippen LogP contribution in [0.1, 0.15) is 26.7 Å². The fourth-order valence-corrected chi connectivity index (χ4v) is 3.64. The highest BCUT2D eigenvalue weighted by molar-refractivity contribution is 5.87. The number of nitrogens with zero attached hydrogens (tertiary/aromatic N) is 3. The summed E-state index contributed by atoms with van der Waals surface area (Å²) >= 11 is 0. The first-order chi connectivity index (χ1) is 11.7. The van der Waals surface area contributed by atoms with Crippen LogP contribution >= 0.6 is 0 Å². The summed E-state index contributed by atoms with van der Waals surface area (Å²) < 4.78 is 5.86. The Morgan fingerprint density at radius 1 is 1.24 bits per heavy atom. The highest BCUT2D eigenvalue weighted by Crippen LogP contribution is 2.32. The Labute approximate surface area is 148 Å². The first-order valence-electron chi connectivity index (χ1n) is 8.57. The molecule has 2 heterocycles. The minimum Gasteiger partial charge on any atom is -0.368 e. The van der Waals surface area contributed by atoms with Gasteiger partial charge in [-0.25, -0.2) is 4.79 Å². The van der Waals surface area contributed by atoms with Gasteiger partial charge in [-0.15, -0.1) is 0 Å². The predicted molar refractivity (Wildman–Crippen MR) is 92.4 cm³/mol. The molecule has 2 rings (SSSR count). The largest absolute Gasteiger partial charge is 0.368 e. The summed E-state index contributed by atoms with van der Waals surface area (Å²) in [6.45, 7) is 9.03. The van der Waals surface area contributed by atoms with Gasteiger partial charge in [0.1, 0.15) is 12.8 Å². The fraction of sp³-hybridized carbons (Fsp3) is 0.706. The molecule has 4 amide bonds. The molecule has 2 saturated heterocycles. The Bertz CT molecular complexity index is 555. The number of nitrogens with two attached hydrogens (primary N) is 1. The van der Waals surface area contributed by atoms with Gasteiger partial charge in [0.15, 0.2) is 0 Å². The standard InChI is InChI=1S/C17H28N4O4/c1-5-13(22)21-10-17(25-11-21)6-8-20(9-7-17)16(24)19(4)14(12(2)3)15(18)23/h5,12,14H,1,6-11H2,2-4H3,(H2,18,23)/t14-/m0/s1. The maximum Gasteiger partial charge on any atom is 0.320 e. The van der Waals surface area contributed by atoms with E-state index in [0.717, 1.165) is 0 Å². The van der Waals surface area contributed by atoms with E-state index in [1.165, 1.54) is 11.0 Å². The normalized spacial score (nSPS) is 20.6. The summed E-state index contributed by atoms with van der Waals surface area (Å²) in [5, 5.41) is 0. The summed E-state index contributed by atoms with van der Waals surface area (Å²) in [7, 11) is 1.61. The molecule has 0 aromatic heterocycles. The molecule has 1 atom stereocenters. The molecule has 0 unspecified atom stereocenters. The average molecular weight is 352 g/mol. The lowest BCUT2D eigenvalue weighted by molar-refractivity contribution is -0.126. The second kappa shape index (κ2) is 7.43. The first-order valence-corrected chi connectivity index (χ1v) is 8.57. The van der Waals surface area contributed by atoms with Gasteiger partial charge in [-0.1, -0.05) is 20.4 Å². The lowest BCUT2D eigenvalue weighted by Crippen LogP contribution is -2.56. The second-order valence-electron chi connectivity index (χ2n) is 7.17. The topological polar surface area (TPSA) is 96.2 Å². The van der Waals surface area contributed by atoms with Gasteiger partial charge < -0.3 is 25.2 Å². The molecule has 1 spiro atoms. The van der Waals surface area contributed by atoms with Gasteiger partial charge in [-0.2, -0.15) is 0 Å². The monoisotopic (exact) mass is 352 g/mol. The van der Waals surface area contributed by atoms with E-state index in [-0.39, 0.29) is 24.6 Å². The van der Waals surface area contributed by atoms with Crippen molar-refractivity contribution in [3.05, 3.63) is 12.7 Å². The molecule has 2 aliphatic heterocycles. The number of piperidine rings is 1. The van der Waals surface area contributed by atoms with Crippen molar-refractivity contribution in [1.82, 2.24) is 14.7 Å². The SMILES string of the molecule is C=CC(=O)N1COC2(CCN(C(=O)N(C)[C@H](C(N)=O)C(C)C)CC2)C1. The molecule has 2 N–H and O–H groups in total. The zero-order chi connectivity index (χ0) is 18.8. The van der Waals surface area contributed by atoms with Gasteiger partial charge in [0.05, 0.1) is 12.1 Å². The Morgan fingerprint density at radius 3 is 2.32 bits per heavy atom. The number of carbonyl (C=O) groups is 3. The highest BCUT2D eigenvalue weighted by Gasteiger charge is 2.44. The molecule has 2 aliphatic rings. The fourth-order valence-electron chi connectivity index (χ4n) is 3.64. The summed E-state index contributed by atoms with van der Waals surface area (Å²) in [4.78, 5) is 40.8. The van der Waals surface area contributed by atoms with Crippen molar-refractivity contribution in [2.75, 3.05) is 33.4 Å². The molecule has 2 fully saturated rings. The van der Waals surface area contributed by atoms with E-state index in [0.29, 0.717) is 32.5 Å². The Hall–Kier alpha value is -2.09. The molecule has 0 aliphatic carbocycles. The molecular formula is C17H28N4O4. The maximum atomic E-state index is 12.7. The molecule has 0 saturated carbocycles. The number of likely N-dealkylation sites (N-methyl/N-ethyl adjacent to an activating group) is 1. The van der Waals surface area contributed by atoms with E-state index in [4.69, 9.17) is 10.5 Å². The summed E-state index contributed by atoms with van der Waals surface area (Å²) in [6.07, 6.45) is 2.58. The van der Waals surface area contributed by atoms with Crippen molar-refractivity contribution in [2.24, 2.45) is 11.7 Å². The Morgan fingerprint density at radius 2 is 1.84 bits per heavy atom. The summed E-state index contributed by atoms with van der Waals surface area (Å²) in [5.74, 6) is -0.701. The number of likely N-dealkylation sites (tertiary alicyclic amines) is 1. The Balaban J connectivity index is 1.95. The molecule has 0 radical (unpaired) electrons. The van der Waals surface area contributed by atoms with Crippen molar-refractivity contribution in [2.45, 2.75) is 38.3 Å². The van der Waals surface area contributed by atoms with Crippen molar-refractivity contribution in [3.8, 4) is 0 Å². The van der Waals surface area contributed by atoms with E-state index < -0.39 is 17.6 Å². The lowest BCUT2D eigenvalue weighted by Gasteiger charge is -2.40. The van der Waals surface area contributed by atoms with Crippen LogP contribution in [0.15, 0.2) is 12.7 Å². The van der Waals surface area contributed by atoms with Crippen molar-refractivity contribution in [3.63, 3.8) is 0 Å². The van der Waals surface area contributed by atoms with Crippen LogP contribution in [-0.2, 0) is 14.3 Å². The molecule has 25 heavy (non-hydrogen) atoms. The smallest absolute Gasteiger partial charge is 0.320 e. The van der Waals surface area contributed by atoms with Gasteiger partial charge in [-0.05, 0) is 24.8 Å². The first kappa shape index (κ1) is 19.2. The van der Waals surface area contributed by atoms with Gasteiger partial charge in [-0.3, -0.25) is 9.59 Å². The quantitative estimate of drug-likeness (QED) is 0.740. The van der Waals surface area contributed by atoms with Gasteiger partial charge in [0, 0.05) is 20.1 Å². The zero-order valence-corrected chi connectivity index (χ0v) is 15.2. The van der Waals surface area contributed by atoms with Crippen LogP contribution in [-0.4, -0.2) is 77.6 Å². The van der Waals surface area contributed by atoms with Crippen LogP contribution in [0.5, 0.6) is 0 Å². The van der Waals surface area contributed by atoms with Crippen molar-refractivity contribution < 1.29 is 19.1 Å². The number of hydrogen-bond acceptors (Lipinski definition) is 4. The minimum atomic E-state index is -0.633.